The number of hydrogen-bond acceptors (Lipinski definition) is 11. The summed E-state index contributed by atoms with van der Waals surface area (Å²) in [4.78, 5) is 71.2. The zero-order chi connectivity index (χ0) is 48.2. The molecule has 0 aromatic carbocycles. The molecule has 3 aliphatic heterocycles. The third kappa shape index (κ3) is 14.3. The quantitative estimate of drug-likeness (QED) is 0.203. The molecule has 1 amide bonds. The second kappa shape index (κ2) is 25.1. The van der Waals surface area contributed by atoms with Crippen molar-refractivity contribution in [3.05, 3.63) is 47.6 Å². The third-order valence-corrected chi connectivity index (χ3v) is 14.4. The number of Topliss-reactive ketones (excluding diaryl/α,β-unsaturated/α-hetero) is 3. The molecule has 2 bridgehead atoms. The first-order valence-electron chi connectivity index (χ1n) is 23.9. The summed E-state index contributed by atoms with van der Waals surface area (Å²) in [6.45, 7) is 12.2. The molecule has 0 spiro atoms. The van der Waals surface area contributed by atoms with Gasteiger partial charge in [-0.25, -0.2) is 13.6 Å². The standard InChI is InChI=1S/C51H77F2NO11/c1-30-16-12-11-13-17-31(2)42(61-8)28-38-21-19-36(7)51(53,65-38)48(58)49(59)54-23-15-14-18-39(54)50(60)64-43(33(4)26-37-20-22-40(55)44(27-37)62-9)29-41(56)32(3)25-34(5)45(52)47(63-10)46(57)35(6)24-30/h11-13,16-17,25,30,33-40,42-45,47,55H,14-15,18-24,26-29H2,1-10H3/t30-,33-,34?,35-,36-,37?,38+,39+,40-,42+,43?,44-,45?,47-,51?/m1/s1. The van der Waals surface area contributed by atoms with Gasteiger partial charge in [0.1, 0.15) is 24.4 Å². The first-order valence-corrected chi connectivity index (χ1v) is 23.9. The molecule has 4 rings (SSSR count). The van der Waals surface area contributed by atoms with Gasteiger partial charge < -0.3 is 33.7 Å². The first kappa shape index (κ1) is 54.2. The van der Waals surface area contributed by atoms with Gasteiger partial charge in [0.2, 0.25) is 0 Å². The van der Waals surface area contributed by atoms with Crippen molar-refractivity contribution >= 4 is 29.2 Å². The molecule has 0 aromatic rings. The van der Waals surface area contributed by atoms with Gasteiger partial charge in [-0.15, -0.1) is 0 Å². The summed E-state index contributed by atoms with van der Waals surface area (Å²) < 4.78 is 62.1. The molecule has 1 aliphatic carbocycles. The number of carbonyl (C=O) groups excluding carboxylic acids is 5. The number of ketones is 3. The number of fused-ring (bicyclic) bond motifs is 3. The van der Waals surface area contributed by atoms with Crippen LogP contribution >= 0.6 is 0 Å². The van der Waals surface area contributed by atoms with Gasteiger partial charge in [0.05, 0.1) is 24.4 Å². The molecule has 1 saturated carbocycles. The van der Waals surface area contributed by atoms with Crippen LogP contribution in [0.1, 0.15) is 126 Å². The van der Waals surface area contributed by atoms with Crippen molar-refractivity contribution in [2.24, 2.45) is 35.5 Å². The number of esters is 1. The maximum Gasteiger partial charge on any atom is 0.329 e. The minimum Gasteiger partial charge on any atom is -0.460 e. The number of allylic oxidation sites excluding steroid dienone is 7. The Hall–Kier alpha value is -3.43. The van der Waals surface area contributed by atoms with Crippen LogP contribution in [-0.4, -0.2) is 122 Å². The summed E-state index contributed by atoms with van der Waals surface area (Å²) in [5, 5.41) is 10.5. The average molecular weight is 918 g/mol. The van der Waals surface area contributed by atoms with Crippen molar-refractivity contribution < 1.29 is 61.5 Å². The number of ether oxygens (including phenoxy) is 5. The van der Waals surface area contributed by atoms with E-state index >= 15 is 8.78 Å². The molecule has 366 valence electrons. The van der Waals surface area contributed by atoms with E-state index < -0.39 is 89.8 Å². The topological polar surface area (TPSA) is 155 Å². The van der Waals surface area contributed by atoms with Gasteiger partial charge in [0, 0.05) is 58.5 Å². The van der Waals surface area contributed by atoms with Crippen LogP contribution in [0, 0.1) is 35.5 Å². The number of alkyl halides is 2. The van der Waals surface area contributed by atoms with E-state index in [1.165, 1.54) is 27.2 Å². The van der Waals surface area contributed by atoms with Gasteiger partial charge in [-0.05, 0) is 107 Å². The Balaban J connectivity index is 1.70. The maximum atomic E-state index is 17.0. The van der Waals surface area contributed by atoms with Crippen molar-refractivity contribution in [3.63, 3.8) is 0 Å². The van der Waals surface area contributed by atoms with Crippen LogP contribution in [-0.2, 0) is 47.7 Å². The Labute approximate surface area is 385 Å². The number of cyclic esters (lactones) is 1. The Morgan fingerprint density at radius 1 is 0.892 bits per heavy atom. The number of carbonyl (C=O) groups is 5. The first-order chi connectivity index (χ1) is 30.7. The van der Waals surface area contributed by atoms with Crippen LogP contribution in [0.5, 0.6) is 0 Å². The molecule has 14 heteroatoms. The largest absolute Gasteiger partial charge is 0.460 e. The van der Waals surface area contributed by atoms with Crippen LogP contribution < -0.4 is 0 Å². The normalized spacial score (nSPS) is 37.8. The van der Waals surface area contributed by atoms with E-state index in [0.29, 0.717) is 51.4 Å². The summed E-state index contributed by atoms with van der Waals surface area (Å²) in [5.74, 6) is -9.76. The summed E-state index contributed by atoms with van der Waals surface area (Å²) in [6, 6.07) is -1.21. The van der Waals surface area contributed by atoms with E-state index in [-0.39, 0.29) is 67.4 Å². The monoisotopic (exact) mass is 918 g/mol. The van der Waals surface area contributed by atoms with Gasteiger partial charge in [-0.1, -0.05) is 71.1 Å². The Morgan fingerprint density at radius 3 is 2.29 bits per heavy atom. The van der Waals surface area contributed by atoms with Gasteiger partial charge in [0.15, 0.2) is 11.6 Å². The van der Waals surface area contributed by atoms with Crippen LogP contribution in [0.25, 0.3) is 0 Å². The lowest BCUT2D eigenvalue weighted by Gasteiger charge is -2.41. The van der Waals surface area contributed by atoms with Crippen LogP contribution in [0.2, 0.25) is 0 Å². The summed E-state index contributed by atoms with van der Waals surface area (Å²) in [6.07, 6.45) is 9.15. The molecule has 0 aromatic heterocycles. The summed E-state index contributed by atoms with van der Waals surface area (Å²) in [7, 11) is 4.38. The van der Waals surface area contributed by atoms with Gasteiger partial charge in [0.25, 0.3) is 17.5 Å². The summed E-state index contributed by atoms with van der Waals surface area (Å²) >= 11 is 0. The molecule has 15 atom stereocenters. The van der Waals surface area contributed by atoms with E-state index in [9.17, 15) is 29.1 Å². The van der Waals surface area contributed by atoms with Crippen molar-refractivity contribution in [2.45, 2.75) is 180 Å². The van der Waals surface area contributed by atoms with Crippen molar-refractivity contribution in [2.75, 3.05) is 27.9 Å². The number of rotatable bonds is 6. The fourth-order valence-electron chi connectivity index (χ4n) is 10.1. The summed E-state index contributed by atoms with van der Waals surface area (Å²) in [5.41, 5.74) is 1.05. The van der Waals surface area contributed by atoms with Crippen molar-refractivity contribution in [1.82, 2.24) is 4.90 Å². The smallest absolute Gasteiger partial charge is 0.329 e. The highest BCUT2D eigenvalue weighted by molar-refractivity contribution is 6.39. The molecule has 1 N–H and O–H groups in total. The Kier molecular flexibility index (Phi) is 20.9. The highest BCUT2D eigenvalue weighted by Crippen LogP contribution is 2.40. The molecule has 65 heavy (non-hydrogen) atoms. The SMILES string of the molecule is CO[C@H]1C[C@@H]2CC[C@@H](C)C(F)(O2)C(=O)C(=O)N2CCCC[C@H]2C(=O)OC([C@H](C)CC2CC[C@@H](O)[C@H](OC)C2)CC(=O)C(C)=CC(C)C(F)[C@@H](OC)C(=O)[C@H](C)C[C@H](C)C=CC=CC=C1C. The molecule has 0 radical (unpaired) electrons. The fourth-order valence-corrected chi connectivity index (χ4v) is 10.1. The third-order valence-electron chi connectivity index (χ3n) is 14.4. The number of aliphatic hydroxyl groups is 1. The molecule has 2 saturated heterocycles. The Morgan fingerprint density at radius 2 is 1.62 bits per heavy atom. The van der Waals surface area contributed by atoms with E-state index in [1.54, 1.807) is 27.9 Å². The number of amides is 1. The minimum absolute atomic E-state index is 0.0193. The molecular weight excluding hydrogens is 841 g/mol. The van der Waals surface area contributed by atoms with E-state index in [0.717, 1.165) is 10.5 Å². The fraction of sp³-hybridized carbons (Fsp3) is 0.745. The van der Waals surface area contributed by atoms with Gasteiger partial charge in [-0.2, -0.15) is 0 Å². The van der Waals surface area contributed by atoms with E-state index in [4.69, 9.17) is 23.7 Å². The van der Waals surface area contributed by atoms with Crippen LogP contribution in [0.3, 0.4) is 0 Å². The van der Waals surface area contributed by atoms with Gasteiger partial charge in [-0.3, -0.25) is 19.2 Å². The van der Waals surface area contributed by atoms with Crippen LogP contribution in [0.15, 0.2) is 47.6 Å². The zero-order valence-electron chi connectivity index (χ0n) is 40.5. The average Bonchev–Trinajstić information content (AvgIpc) is 3.28. The number of aliphatic hydroxyl groups excluding tert-OH is 1. The molecular formula is C51H77F2NO11. The molecule has 4 aliphatic rings. The Bertz CT molecular complexity index is 1760. The number of piperidine rings is 1. The van der Waals surface area contributed by atoms with Crippen molar-refractivity contribution in [3.8, 4) is 0 Å². The highest BCUT2D eigenvalue weighted by atomic mass is 19.2. The lowest BCUT2D eigenvalue weighted by molar-refractivity contribution is -0.231. The predicted octanol–water partition coefficient (Wildman–Crippen LogP) is 8.14. The number of hydrogen-bond donors (Lipinski definition) is 1. The molecule has 12 nitrogen and oxygen atoms in total. The highest BCUT2D eigenvalue weighted by Gasteiger charge is 2.55. The number of nitrogens with zero attached hydrogens (tertiary/aromatic N) is 1. The molecule has 5 unspecified atom stereocenters. The lowest BCUT2D eigenvalue weighted by Crippen LogP contribution is -2.59. The predicted molar refractivity (Wildman–Crippen MR) is 243 cm³/mol. The van der Waals surface area contributed by atoms with E-state index in [1.807, 2.05) is 51.2 Å². The number of halogens is 2. The van der Waals surface area contributed by atoms with E-state index in [2.05, 4.69) is 0 Å². The second-order valence-electron chi connectivity index (χ2n) is 19.5. The second-order valence-corrected chi connectivity index (χ2v) is 19.5. The maximum absolute atomic E-state index is 17.0. The molecule has 3 fully saturated rings. The van der Waals surface area contributed by atoms with Crippen LogP contribution in [0.4, 0.5) is 8.78 Å². The van der Waals surface area contributed by atoms with Crippen molar-refractivity contribution in [1.29, 1.82) is 0 Å². The minimum atomic E-state index is -2.94. The molecule has 3 heterocycles. The zero-order valence-corrected chi connectivity index (χ0v) is 40.5. The lowest BCUT2D eigenvalue weighted by atomic mass is 9.78. The number of methoxy groups -OCH3 is 3. The van der Waals surface area contributed by atoms with Gasteiger partial charge >= 0.3 is 5.97 Å².